The number of anilines is 1. The first-order chi connectivity index (χ1) is 8.30. The van der Waals surface area contributed by atoms with E-state index in [0.717, 1.165) is 0 Å². The third kappa shape index (κ3) is 3.95. The van der Waals surface area contributed by atoms with E-state index < -0.39 is 0 Å². The van der Waals surface area contributed by atoms with Crippen LogP contribution in [0.25, 0.3) is 0 Å². The van der Waals surface area contributed by atoms with Crippen molar-refractivity contribution in [3.05, 3.63) is 24.3 Å². The number of hydrogen-bond donors (Lipinski definition) is 1. The highest BCUT2D eigenvalue weighted by atomic mass is 16.5. The highest BCUT2D eigenvalue weighted by Gasteiger charge is 1.96. The monoisotopic (exact) mass is 224 g/mol. The summed E-state index contributed by atoms with van der Waals surface area (Å²) in [6.45, 7) is 0.175. The van der Waals surface area contributed by atoms with E-state index in [2.05, 4.69) is 16.4 Å². The van der Waals surface area contributed by atoms with Gasteiger partial charge < -0.3 is 4.74 Å². The molecule has 0 fully saturated rings. The average Bonchev–Trinajstić information content (AvgIpc) is 2.38. The highest BCUT2D eigenvalue weighted by Crippen LogP contribution is 2.17. The van der Waals surface area contributed by atoms with E-state index in [0.29, 0.717) is 11.4 Å². The second-order valence-corrected chi connectivity index (χ2v) is 2.82. The van der Waals surface area contributed by atoms with Gasteiger partial charge in [-0.25, -0.2) is 0 Å². The summed E-state index contributed by atoms with van der Waals surface area (Å²) in [5, 5.41) is 20.6. The summed E-state index contributed by atoms with van der Waals surface area (Å²) >= 11 is 0. The third-order valence-corrected chi connectivity index (χ3v) is 1.66. The number of benzene rings is 1. The molecule has 82 valence electrons. The molecule has 5 nitrogen and oxygen atoms in total. The fourth-order valence-electron chi connectivity index (χ4n) is 0.976. The minimum Gasteiger partial charge on any atom is -0.481 e. The largest absolute Gasteiger partial charge is 0.481 e. The van der Waals surface area contributed by atoms with Gasteiger partial charge in [0.1, 0.15) is 24.5 Å². The minimum atomic E-state index is -0.250. The first kappa shape index (κ1) is 12.1. The second-order valence-electron chi connectivity index (χ2n) is 2.82. The summed E-state index contributed by atoms with van der Waals surface area (Å²) in [4.78, 5) is 0. The first-order valence-electron chi connectivity index (χ1n) is 4.60. The fourth-order valence-corrected chi connectivity index (χ4v) is 0.976. The maximum absolute atomic E-state index is 8.48. The van der Waals surface area contributed by atoms with E-state index in [-0.39, 0.29) is 12.3 Å². The van der Waals surface area contributed by atoms with E-state index in [1.165, 1.54) is 0 Å². The Morgan fingerprint density at radius 2 is 2.18 bits per heavy atom. The number of nitrogens with one attached hydrogen (secondary N) is 1. The number of hydrogen-bond acceptors (Lipinski definition) is 5. The summed E-state index contributed by atoms with van der Waals surface area (Å²) < 4.78 is 5.20. The number of terminal acetylenes is 1. The van der Waals surface area contributed by atoms with Crippen LogP contribution in [0.15, 0.2) is 29.4 Å². The van der Waals surface area contributed by atoms with Crippen LogP contribution in [0.4, 0.5) is 5.69 Å². The molecule has 0 atom stereocenters. The van der Waals surface area contributed by atoms with Gasteiger partial charge in [0.2, 0.25) is 5.71 Å². The van der Waals surface area contributed by atoms with Crippen LogP contribution in [-0.2, 0) is 0 Å². The molecule has 0 radical (unpaired) electrons. The molecule has 1 rings (SSSR count). The van der Waals surface area contributed by atoms with Crippen LogP contribution < -0.4 is 10.2 Å². The van der Waals surface area contributed by atoms with Gasteiger partial charge in [-0.05, 0) is 12.1 Å². The predicted octanol–water partition coefficient (Wildman–Crippen LogP) is 1.51. The maximum Gasteiger partial charge on any atom is 0.237 e. The van der Waals surface area contributed by atoms with Gasteiger partial charge in [0.25, 0.3) is 0 Å². The Hall–Kier alpha value is -2.97. The summed E-state index contributed by atoms with van der Waals surface area (Å²) in [5.41, 5.74) is 2.92. The van der Waals surface area contributed by atoms with Crippen molar-refractivity contribution in [2.45, 2.75) is 0 Å². The highest BCUT2D eigenvalue weighted by molar-refractivity contribution is 6.10. The molecule has 0 amide bonds. The zero-order valence-corrected chi connectivity index (χ0v) is 8.84. The van der Waals surface area contributed by atoms with Crippen molar-refractivity contribution in [1.82, 2.24) is 0 Å². The molecule has 0 aliphatic heterocycles. The predicted molar refractivity (Wildman–Crippen MR) is 63.1 cm³/mol. The van der Waals surface area contributed by atoms with Crippen LogP contribution in [0.5, 0.6) is 5.75 Å². The Balaban J connectivity index is 2.74. The standard InChI is InChI=1S/C12H8N4O/c1-2-6-17-12-5-3-4-10(7-12)15-16-11(8-13)9-14/h1,3-5,7,15H,6H2. The number of hydrazone groups is 1. The normalized spacial score (nSPS) is 8.06. The lowest BCUT2D eigenvalue weighted by molar-refractivity contribution is 0.370. The molecule has 1 aromatic rings. The topological polar surface area (TPSA) is 81.2 Å². The zero-order valence-electron chi connectivity index (χ0n) is 8.84. The Morgan fingerprint density at radius 1 is 1.41 bits per heavy atom. The summed E-state index contributed by atoms with van der Waals surface area (Å²) in [6.07, 6.45) is 5.06. The molecule has 17 heavy (non-hydrogen) atoms. The Labute approximate surface area is 98.9 Å². The zero-order chi connectivity index (χ0) is 12.5. The Morgan fingerprint density at radius 3 is 2.82 bits per heavy atom. The van der Waals surface area contributed by atoms with Crippen molar-refractivity contribution in [2.75, 3.05) is 12.0 Å². The number of rotatable bonds is 4. The molecular formula is C12H8N4O. The number of ether oxygens (including phenoxy) is 1. The molecule has 0 heterocycles. The molecule has 0 aliphatic carbocycles. The van der Waals surface area contributed by atoms with Crippen molar-refractivity contribution in [3.8, 4) is 30.2 Å². The lowest BCUT2D eigenvalue weighted by Crippen LogP contribution is -1.97. The molecule has 1 N–H and O–H groups in total. The van der Waals surface area contributed by atoms with E-state index in [1.807, 2.05) is 0 Å². The van der Waals surface area contributed by atoms with Gasteiger partial charge >= 0.3 is 0 Å². The molecule has 0 aromatic heterocycles. The fraction of sp³-hybridized carbons (Fsp3) is 0.0833. The van der Waals surface area contributed by atoms with Gasteiger partial charge in [0.15, 0.2) is 0 Å². The van der Waals surface area contributed by atoms with Gasteiger partial charge in [0.05, 0.1) is 5.69 Å². The Bertz CT molecular complexity index is 527. The Kier molecular flexibility index (Phi) is 4.63. The van der Waals surface area contributed by atoms with Crippen molar-refractivity contribution in [3.63, 3.8) is 0 Å². The molecule has 1 aromatic carbocycles. The quantitative estimate of drug-likeness (QED) is 0.477. The summed E-state index contributed by atoms with van der Waals surface area (Å²) in [6, 6.07) is 10.1. The van der Waals surface area contributed by atoms with Crippen molar-refractivity contribution < 1.29 is 4.74 Å². The van der Waals surface area contributed by atoms with Crippen molar-refractivity contribution in [1.29, 1.82) is 10.5 Å². The van der Waals surface area contributed by atoms with Crippen molar-refractivity contribution in [2.24, 2.45) is 5.10 Å². The SMILES string of the molecule is C#CCOc1cccc(NN=C(C#N)C#N)c1. The lowest BCUT2D eigenvalue weighted by Gasteiger charge is -2.04. The number of nitrogens with zero attached hydrogens (tertiary/aromatic N) is 3. The third-order valence-electron chi connectivity index (χ3n) is 1.66. The van der Waals surface area contributed by atoms with Gasteiger partial charge in [-0.2, -0.15) is 15.6 Å². The molecule has 0 saturated heterocycles. The first-order valence-corrected chi connectivity index (χ1v) is 4.60. The maximum atomic E-state index is 8.48. The molecule has 0 bridgehead atoms. The van der Waals surface area contributed by atoms with Crippen LogP contribution in [0, 0.1) is 35.0 Å². The van der Waals surface area contributed by atoms with Gasteiger partial charge in [-0.1, -0.05) is 12.0 Å². The van der Waals surface area contributed by atoms with E-state index in [9.17, 15) is 0 Å². The molecule has 0 saturated carbocycles. The van der Waals surface area contributed by atoms with E-state index >= 15 is 0 Å². The summed E-state index contributed by atoms with van der Waals surface area (Å²) in [5.74, 6) is 2.93. The van der Waals surface area contributed by atoms with Crippen LogP contribution in [-0.4, -0.2) is 12.3 Å². The number of nitriles is 2. The molecule has 0 spiro atoms. The summed E-state index contributed by atoms with van der Waals surface area (Å²) in [7, 11) is 0. The smallest absolute Gasteiger partial charge is 0.237 e. The average molecular weight is 224 g/mol. The van der Waals surface area contributed by atoms with Crippen LogP contribution in [0.1, 0.15) is 0 Å². The van der Waals surface area contributed by atoms with E-state index in [4.69, 9.17) is 21.7 Å². The molecule has 5 heteroatoms. The minimum absolute atomic E-state index is 0.175. The van der Waals surface area contributed by atoms with Crippen molar-refractivity contribution >= 4 is 11.4 Å². The van der Waals surface area contributed by atoms with Gasteiger partial charge in [0, 0.05) is 6.07 Å². The molecule has 0 aliphatic rings. The van der Waals surface area contributed by atoms with Crippen LogP contribution in [0.2, 0.25) is 0 Å². The lowest BCUT2D eigenvalue weighted by atomic mass is 10.3. The molecule has 0 unspecified atom stereocenters. The van der Waals surface area contributed by atoms with Gasteiger partial charge in [-0.15, -0.1) is 6.42 Å². The molecular weight excluding hydrogens is 216 g/mol. The van der Waals surface area contributed by atoms with Crippen LogP contribution in [0.3, 0.4) is 0 Å². The van der Waals surface area contributed by atoms with Gasteiger partial charge in [-0.3, -0.25) is 5.43 Å². The van der Waals surface area contributed by atoms with Crippen LogP contribution >= 0.6 is 0 Å². The van der Waals surface area contributed by atoms with E-state index in [1.54, 1.807) is 36.4 Å². The second kappa shape index (κ2) is 6.50.